The number of rotatable bonds is 3. The maximum atomic E-state index is 8.82. The van der Waals surface area contributed by atoms with E-state index in [2.05, 4.69) is 0 Å². The second-order valence-corrected chi connectivity index (χ2v) is 3.23. The quantitative estimate of drug-likeness (QED) is 0.626. The summed E-state index contributed by atoms with van der Waals surface area (Å²) in [4.78, 5) is 1.96. The van der Waals surface area contributed by atoms with Crippen LogP contribution in [-0.4, -0.2) is 48.8 Å². The highest BCUT2D eigenvalue weighted by atomic mass is 16.5. The third-order valence-corrected chi connectivity index (χ3v) is 1.97. The van der Waals surface area contributed by atoms with Crippen molar-refractivity contribution in [2.45, 2.75) is 6.92 Å². The Morgan fingerprint density at radius 3 is 3.08 bits per heavy atom. The Labute approximate surface area is 72.6 Å². The summed E-state index contributed by atoms with van der Waals surface area (Å²) in [6.45, 7) is 4.81. The van der Waals surface area contributed by atoms with E-state index in [-0.39, 0.29) is 12.5 Å². The van der Waals surface area contributed by atoms with Gasteiger partial charge in [-0.3, -0.25) is 5.41 Å². The highest BCUT2D eigenvalue weighted by Gasteiger charge is 2.16. The van der Waals surface area contributed by atoms with Gasteiger partial charge >= 0.3 is 0 Å². The molecule has 4 nitrogen and oxygen atoms in total. The molecular formula is C8H16N2O2. The van der Waals surface area contributed by atoms with Crippen LogP contribution in [-0.2, 0) is 4.74 Å². The van der Waals surface area contributed by atoms with E-state index in [1.54, 1.807) is 0 Å². The number of aliphatic hydroxyl groups is 1. The lowest BCUT2D eigenvalue weighted by atomic mass is 10.2. The minimum atomic E-state index is 0.185. The average molecular weight is 172 g/mol. The summed E-state index contributed by atoms with van der Waals surface area (Å²) in [5.41, 5.74) is 0. The first-order valence-electron chi connectivity index (χ1n) is 4.25. The van der Waals surface area contributed by atoms with Crippen molar-refractivity contribution in [2.24, 2.45) is 5.92 Å². The van der Waals surface area contributed by atoms with Crippen molar-refractivity contribution < 1.29 is 9.84 Å². The fraction of sp³-hybridized carbons (Fsp3) is 0.875. The van der Waals surface area contributed by atoms with E-state index in [4.69, 9.17) is 15.3 Å². The zero-order valence-electron chi connectivity index (χ0n) is 7.42. The maximum absolute atomic E-state index is 8.82. The van der Waals surface area contributed by atoms with Gasteiger partial charge in [-0.15, -0.1) is 0 Å². The molecule has 1 heterocycles. The van der Waals surface area contributed by atoms with Crippen molar-refractivity contribution in [3.63, 3.8) is 0 Å². The number of amidine groups is 1. The fourth-order valence-corrected chi connectivity index (χ4v) is 1.21. The van der Waals surface area contributed by atoms with Crippen molar-refractivity contribution in [1.29, 1.82) is 5.41 Å². The van der Waals surface area contributed by atoms with Gasteiger partial charge in [-0.2, -0.15) is 0 Å². The van der Waals surface area contributed by atoms with Crippen LogP contribution in [0.1, 0.15) is 6.92 Å². The first-order chi connectivity index (χ1) is 5.74. The van der Waals surface area contributed by atoms with Gasteiger partial charge in [0.15, 0.2) is 0 Å². The Balaban J connectivity index is 2.34. The molecule has 0 radical (unpaired) electrons. The van der Waals surface area contributed by atoms with Gasteiger partial charge in [-0.1, -0.05) is 6.92 Å². The number of ether oxygens (including phenoxy) is 1. The molecule has 1 saturated heterocycles. The Morgan fingerprint density at radius 1 is 1.75 bits per heavy atom. The SMILES string of the molecule is C[C@H](CO)CN1CCOCC1=N. The van der Waals surface area contributed by atoms with Crippen LogP contribution in [0.2, 0.25) is 0 Å². The summed E-state index contributed by atoms with van der Waals surface area (Å²) >= 11 is 0. The van der Waals surface area contributed by atoms with E-state index in [1.807, 2.05) is 11.8 Å². The molecule has 0 saturated carbocycles. The minimum Gasteiger partial charge on any atom is -0.396 e. The van der Waals surface area contributed by atoms with Gasteiger partial charge < -0.3 is 14.7 Å². The minimum absolute atomic E-state index is 0.185. The Hall–Kier alpha value is -0.610. The number of aliphatic hydroxyl groups excluding tert-OH is 1. The molecule has 1 atom stereocenters. The molecule has 1 fully saturated rings. The maximum Gasteiger partial charge on any atom is 0.122 e. The Morgan fingerprint density at radius 2 is 2.50 bits per heavy atom. The lowest BCUT2D eigenvalue weighted by Gasteiger charge is -2.30. The lowest BCUT2D eigenvalue weighted by molar-refractivity contribution is 0.103. The van der Waals surface area contributed by atoms with E-state index in [9.17, 15) is 0 Å². The smallest absolute Gasteiger partial charge is 0.122 e. The molecule has 0 aromatic carbocycles. The molecular weight excluding hydrogens is 156 g/mol. The van der Waals surface area contributed by atoms with Gasteiger partial charge in [0.05, 0.1) is 6.61 Å². The van der Waals surface area contributed by atoms with Crippen molar-refractivity contribution in [3.05, 3.63) is 0 Å². The van der Waals surface area contributed by atoms with E-state index >= 15 is 0 Å². The van der Waals surface area contributed by atoms with E-state index in [1.165, 1.54) is 0 Å². The second-order valence-electron chi connectivity index (χ2n) is 3.23. The normalized spacial score (nSPS) is 21.2. The van der Waals surface area contributed by atoms with Gasteiger partial charge in [0.1, 0.15) is 12.4 Å². The van der Waals surface area contributed by atoms with Crippen molar-refractivity contribution in [3.8, 4) is 0 Å². The van der Waals surface area contributed by atoms with Gasteiger partial charge in [-0.05, 0) is 5.92 Å². The van der Waals surface area contributed by atoms with Crippen LogP contribution in [0.3, 0.4) is 0 Å². The standard InChI is InChI=1S/C8H16N2O2/c1-7(5-11)4-10-2-3-12-6-8(10)9/h7,9,11H,2-6H2,1H3/t7-/m0/s1. The molecule has 0 bridgehead atoms. The molecule has 1 aliphatic rings. The van der Waals surface area contributed by atoms with E-state index in [0.717, 1.165) is 13.1 Å². The predicted molar refractivity (Wildman–Crippen MR) is 46.4 cm³/mol. The lowest BCUT2D eigenvalue weighted by Crippen LogP contribution is -2.43. The molecule has 1 rings (SSSR count). The molecule has 70 valence electrons. The van der Waals surface area contributed by atoms with E-state index < -0.39 is 0 Å². The van der Waals surface area contributed by atoms with Crippen molar-refractivity contribution in [1.82, 2.24) is 4.90 Å². The number of hydrogen-bond donors (Lipinski definition) is 2. The first-order valence-corrected chi connectivity index (χ1v) is 4.25. The van der Waals surface area contributed by atoms with Gasteiger partial charge in [0, 0.05) is 19.7 Å². The summed E-state index contributed by atoms with van der Waals surface area (Å²) in [7, 11) is 0. The van der Waals surface area contributed by atoms with E-state index in [0.29, 0.717) is 19.0 Å². The largest absolute Gasteiger partial charge is 0.396 e. The summed E-state index contributed by atoms with van der Waals surface area (Å²) < 4.78 is 5.10. The van der Waals surface area contributed by atoms with Gasteiger partial charge in [-0.25, -0.2) is 0 Å². The molecule has 12 heavy (non-hydrogen) atoms. The van der Waals surface area contributed by atoms with Crippen LogP contribution in [0.4, 0.5) is 0 Å². The average Bonchev–Trinajstić information content (AvgIpc) is 2.09. The number of morpholine rings is 1. The van der Waals surface area contributed by atoms with Crippen molar-refractivity contribution >= 4 is 5.84 Å². The molecule has 0 aromatic heterocycles. The second kappa shape index (κ2) is 4.42. The molecule has 0 aromatic rings. The molecule has 4 heteroatoms. The summed E-state index contributed by atoms with van der Waals surface area (Å²) in [6, 6.07) is 0. The number of nitrogens with one attached hydrogen (secondary N) is 1. The van der Waals surface area contributed by atoms with Gasteiger partial charge in [0.2, 0.25) is 0 Å². The fourth-order valence-electron chi connectivity index (χ4n) is 1.21. The topological polar surface area (TPSA) is 56.6 Å². The summed E-state index contributed by atoms with van der Waals surface area (Å²) in [5, 5.41) is 16.4. The third kappa shape index (κ3) is 2.46. The molecule has 0 unspecified atom stereocenters. The first kappa shape index (κ1) is 9.48. The predicted octanol–water partition coefficient (Wildman–Crippen LogP) is -0.0757. The molecule has 0 spiro atoms. The van der Waals surface area contributed by atoms with Crippen molar-refractivity contribution in [2.75, 3.05) is 32.9 Å². The van der Waals surface area contributed by atoms with Crippen LogP contribution in [0.5, 0.6) is 0 Å². The van der Waals surface area contributed by atoms with Crippen LogP contribution >= 0.6 is 0 Å². The summed E-state index contributed by atoms with van der Waals surface area (Å²) in [5.74, 6) is 0.769. The Bertz CT molecular complexity index is 161. The zero-order chi connectivity index (χ0) is 8.97. The molecule has 0 amide bonds. The monoisotopic (exact) mass is 172 g/mol. The zero-order valence-corrected chi connectivity index (χ0v) is 7.42. The molecule has 1 aliphatic heterocycles. The van der Waals surface area contributed by atoms with Crippen LogP contribution < -0.4 is 0 Å². The van der Waals surface area contributed by atoms with Crippen LogP contribution in [0.25, 0.3) is 0 Å². The number of hydrogen-bond acceptors (Lipinski definition) is 3. The molecule has 0 aliphatic carbocycles. The van der Waals surface area contributed by atoms with Crippen LogP contribution in [0, 0.1) is 11.3 Å². The third-order valence-electron chi connectivity index (χ3n) is 1.97. The van der Waals surface area contributed by atoms with Crippen LogP contribution in [0.15, 0.2) is 0 Å². The molecule has 2 N–H and O–H groups in total. The summed E-state index contributed by atoms with van der Waals surface area (Å²) in [6.07, 6.45) is 0. The Kier molecular flexibility index (Phi) is 3.49. The highest BCUT2D eigenvalue weighted by Crippen LogP contribution is 2.03. The number of nitrogens with zero attached hydrogens (tertiary/aromatic N) is 1. The highest BCUT2D eigenvalue weighted by molar-refractivity contribution is 5.80. The van der Waals surface area contributed by atoms with Gasteiger partial charge in [0.25, 0.3) is 0 Å².